The van der Waals surface area contributed by atoms with Crippen molar-refractivity contribution < 1.29 is 9.32 Å². The van der Waals surface area contributed by atoms with E-state index in [0.717, 1.165) is 0 Å². The van der Waals surface area contributed by atoms with Gasteiger partial charge < -0.3 is 9.42 Å². The van der Waals surface area contributed by atoms with Gasteiger partial charge in [-0.2, -0.15) is 4.98 Å². The van der Waals surface area contributed by atoms with Crippen molar-refractivity contribution in [3.05, 3.63) is 71.4 Å². The Morgan fingerprint density at radius 3 is 2.23 bits per heavy atom. The van der Waals surface area contributed by atoms with E-state index in [2.05, 4.69) is 46.5 Å². The van der Waals surface area contributed by atoms with E-state index in [-0.39, 0.29) is 5.91 Å². The summed E-state index contributed by atoms with van der Waals surface area (Å²) < 4.78 is 5.12. The number of rotatable bonds is 4. The van der Waals surface area contributed by atoms with Crippen molar-refractivity contribution in [3.63, 3.8) is 0 Å². The lowest BCUT2D eigenvalue weighted by Crippen LogP contribution is -2.29. The summed E-state index contributed by atoms with van der Waals surface area (Å²) in [4.78, 5) is 19.0. The molecule has 0 atom stereocenters. The van der Waals surface area contributed by atoms with Crippen LogP contribution >= 0.6 is 0 Å². The predicted octanol–water partition coefficient (Wildman–Crippen LogP) is 3.91. The Balaban J connectivity index is 1.50. The van der Waals surface area contributed by atoms with Crippen LogP contribution in [0.5, 0.6) is 0 Å². The summed E-state index contributed by atoms with van der Waals surface area (Å²) in [6.07, 6.45) is 1.82. The predicted molar refractivity (Wildman–Crippen MR) is 98.1 cm³/mol. The number of aryl methyl sites for hydroxylation is 2. The van der Waals surface area contributed by atoms with Gasteiger partial charge in [-0.05, 0) is 35.6 Å². The van der Waals surface area contributed by atoms with Crippen molar-refractivity contribution in [2.75, 3.05) is 0 Å². The van der Waals surface area contributed by atoms with Crippen LogP contribution in [0.15, 0.2) is 53.1 Å². The number of hydrogen-bond donors (Lipinski definition) is 0. The van der Waals surface area contributed by atoms with Crippen LogP contribution in [0.4, 0.5) is 0 Å². The minimum absolute atomic E-state index is 0.160. The van der Waals surface area contributed by atoms with E-state index in [1.165, 1.54) is 22.3 Å². The Morgan fingerprint density at radius 1 is 1.04 bits per heavy atom. The molecule has 0 spiro atoms. The van der Waals surface area contributed by atoms with E-state index in [9.17, 15) is 4.79 Å². The van der Waals surface area contributed by atoms with Gasteiger partial charge in [0.05, 0.1) is 0 Å². The first-order valence-corrected chi connectivity index (χ1v) is 8.94. The van der Waals surface area contributed by atoms with Gasteiger partial charge in [0.25, 0.3) is 0 Å². The number of fused-ring (bicyclic) bond motifs is 3. The first-order valence-electron chi connectivity index (χ1n) is 8.94. The minimum Gasteiger partial charge on any atom is -0.339 e. The zero-order valence-corrected chi connectivity index (χ0v) is 14.8. The summed E-state index contributed by atoms with van der Waals surface area (Å²) in [5.74, 6) is 1.39. The van der Waals surface area contributed by atoms with Gasteiger partial charge in [0, 0.05) is 25.9 Å². The fourth-order valence-corrected chi connectivity index (χ4v) is 3.48. The Morgan fingerprint density at radius 2 is 1.65 bits per heavy atom. The van der Waals surface area contributed by atoms with Crippen LogP contribution in [0.1, 0.15) is 35.7 Å². The quantitative estimate of drug-likeness (QED) is 0.718. The molecule has 4 rings (SSSR count). The second-order valence-corrected chi connectivity index (χ2v) is 6.65. The highest BCUT2D eigenvalue weighted by Gasteiger charge is 2.22. The zero-order valence-electron chi connectivity index (χ0n) is 14.8. The van der Waals surface area contributed by atoms with E-state index in [0.29, 0.717) is 44.1 Å². The minimum atomic E-state index is 0.160. The maximum Gasteiger partial charge on any atom is 0.226 e. The fraction of sp³-hybridized carbons (Fsp3) is 0.286. The monoisotopic (exact) mass is 347 g/mol. The van der Waals surface area contributed by atoms with Crippen molar-refractivity contribution >= 4 is 5.91 Å². The van der Waals surface area contributed by atoms with Crippen LogP contribution in [0.2, 0.25) is 0 Å². The summed E-state index contributed by atoms with van der Waals surface area (Å²) in [5, 5.41) is 3.79. The van der Waals surface area contributed by atoms with E-state index < -0.39 is 0 Å². The number of benzene rings is 2. The summed E-state index contributed by atoms with van der Waals surface area (Å²) >= 11 is 0. The van der Waals surface area contributed by atoms with Crippen LogP contribution in [0.25, 0.3) is 11.1 Å². The van der Waals surface area contributed by atoms with Gasteiger partial charge in [-0.25, -0.2) is 0 Å². The van der Waals surface area contributed by atoms with Crippen LogP contribution < -0.4 is 0 Å². The molecule has 0 bridgehead atoms. The molecule has 26 heavy (non-hydrogen) atoms. The van der Waals surface area contributed by atoms with Gasteiger partial charge >= 0.3 is 0 Å². The summed E-state index contributed by atoms with van der Waals surface area (Å²) in [6, 6.07) is 16.7. The Kier molecular flexibility index (Phi) is 4.52. The molecular formula is C21H21N3O2. The average Bonchev–Trinajstić information content (AvgIpc) is 2.99. The second-order valence-electron chi connectivity index (χ2n) is 6.65. The van der Waals surface area contributed by atoms with Gasteiger partial charge in [-0.3, -0.25) is 4.79 Å². The molecule has 5 heteroatoms. The van der Waals surface area contributed by atoms with Gasteiger partial charge in [-0.15, -0.1) is 0 Å². The number of aromatic nitrogens is 2. The van der Waals surface area contributed by atoms with Crippen molar-refractivity contribution in [1.82, 2.24) is 15.0 Å². The van der Waals surface area contributed by atoms with Crippen molar-refractivity contribution in [3.8, 4) is 11.1 Å². The van der Waals surface area contributed by atoms with Crippen LogP contribution in [0, 0.1) is 6.92 Å². The van der Waals surface area contributed by atoms with Gasteiger partial charge in [-0.1, -0.05) is 53.7 Å². The Hall–Kier alpha value is -2.95. The van der Waals surface area contributed by atoms with E-state index in [1.54, 1.807) is 6.92 Å². The molecule has 1 amide bonds. The molecule has 0 N–H and O–H groups in total. The summed E-state index contributed by atoms with van der Waals surface area (Å²) in [6.45, 7) is 3.08. The normalized spacial score (nSPS) is 13.0. The van der Waals surface area contributed by atoms with Crippen molar-refractivity contribution in [2.24, 2.45) is 0 Å². The van der Waals surface area contributed by atoms with E-state index in [1.807, 2.05) is 17.0 Å². The molecule has 0 saturated carbocycles. The Bertz CT molecular complexity index is 885. The molecule has 0 fully saturated rings. The standard InChI is InChI=1S/C21H21N3O2/c1-15-22-20(26-23-15)11-6-12-21(25)24-13-16-7-2-4-9-18(16)19-10-5-3-8-17(19)14-24/h2-5,7-10H,6,11-14H2,1H3. The number of carbonyl (C=O) groups is 1. The molecule has 5 nitrogen and oxygen atoms in total. The summed E-state index contributed by atoms with van der Waals surface area (Å²) in [5.41, 5.74) is 4.83. The van der Waals surface area contributed by atoms with Gasteiger partial charge in [0.15, 0.2) is 5.82 Å². The molecular weight excluding hydrogens is 326 g/mol. The lowest BCUT2D eigenvalue weighted by molar-refractivity contribution is -0.132. The number of amides is 1. The maximum absolute atomic E-state index is 12.8. The molecule has 1 aliphatic rings. The molecule has 132 valence electrons. The molecule has 3 aromatic rings. The Labute approximate surface area is 152 Å². The fourth-order valence-electron chi connectivity index (χ4n) is 3.48. The SMILES string of the molecule is Cc1noc(CCCC(=O)N2Cc3ccccc3-c3ccccc3C2)n1. The van der Waals surface area contributed by atoms with Crippen LogP contribution in [0.3, 0.4) is 0 Å². The molecule has 0 unspecified atom stereocenters. The molecule has 2 heterocycles. The lowest BCUT2D eigenvalue weighted by atomic mass is 9.97. The topological polar surface area (TPSA) is 59.2 Å². The summed E-state index contributed by atoms with van der Waals surface area (Å²) in [7, 11) is 0. The van der Waals surface area contributed by atoms with Crippen LogP contribution in [-0.2, 0) is 24.3 Å². The van der Waals surface area contributed by atoms with E-state index >= 15 is 0 Å². The number of hydrogen-bond acceptors (Lipinski definition) is 4. The largest absolute Gasteiger partial charge is 0.339 e. The average molecular weight is 347 g/mol. The van der Waals surface area contributed by atoms with Crippen molar-refractivity contribution in [2.45, 2.75) is 39.3 Å². The maximum atomic E-state index is 12.8. The molecule has 0 radical (unpaired) electrons. The molecule has 0 aliphatic carbocycles. The number of nitrogens with zero attached hydrogens (tertiary/aromatic N) is 3. The first-order chi connectivity index (χ1) is 12.7. The molecule has 1 aliphatic heterocycles. The highest BCUT2D eigenvalue weighted by molar-refractivity contribution is 5.79. The van der Waals surface area contributed by atoms with Crippen molar-refractivity contribution in [1.29, 1.82) is 0 Å². The van der Waals surface area contributed by atoms with Gasteiger partial charge in [0.1, 0.15) is 0 Å². The van der Waals surface area contributed by atoms with Crippen LogP contribution in [-0.4, -0.2) is 20.9 Å². The highest BCUT2D eigenvalue weighted by Crippen LogP contribution is 2.32. The third-order valence-corrected chi connectivity index (χ3v) is 4.75. The third kappa shape index (κ3) is 3.38. The second kappa shape index (κ2) is 7.12. The highest BCUT2D eigenvalue weighted by atomic mass is 16.5. The zero-order chi connectivity index (χ0) is 17.9. The molecule has 2 aromatic carbocycles. The first kappa shape index (κ1) is 16.5. The molecule has 1 aromatic heterocycles. The smallest absolute Gasteiger partial charge is 0.226 e. The third-order valence-electron chi connectivity index (χ3n) is 4.75. The lowest BCUT2D eigenvalue weighted by Gasteiger charge is -2.21. The van der Waals surface area contributed by atoms with Gasteiger partial charge in [0.2, 0.25) is 11.8 Å². The molecule has 0 saturated heterocycles. The van der Waals surface area contributed by atoms with E-state index in [4.69, 9.17) is 4.52 Å². The number of carbonyl (C=O) groups excluding carboxylic acids is 1.